The first-order valence-electron chi connectivity index (χ1n) is 8.15. The van der Waals surface area contributed by atoms with Crippen molar-refractivity contribution in [3.05, 3.63) is 65.8 Å². The summed E-state index contributed by atoms with van der Waals surface area (Å²) in [6.07, 6.45) is 4.19. The molecule has 0 aliphatic rings. The van der Waals surface area contributed by atoms with Crippen LogP contribution in [0.1, 0.15) is 23.9 Å². The molecule has 1 aromatic carbocycles. The molecular formula is C18H18N6S. The fourth-order valence-corrected chi connectivity index (χ4v) is 3.64. The Labute approximate surface area is 149 Å². The molecule has 4 aromatic rings. The lowest BCUT2D eigenvalue weighted by atomic mass is 10.0. The fourth-order valence-electron chi connectivity index (χ4n) is 2.86. The van der Waals surface area contributed by atoms with Crippen LogP contribution >= 0.6 is 11.3 Å². The lowest BCUT2D eigenvalue weighted by Gasteiger charge is -2.20. The number of anilines is 1. The predicted octanol–water partition coefficient (Wildman–Crippen LogP) is 3.83. The van der Waals surface area contributed by atoms with Crippen LogP contribution in [0.5, 0.6) is 0 Å². The Morgan fingerprint density at radius 2 is 2.04 bits per heavy atom. The first kappa shape index (κ1) is 15.7. The van der Waals surface area contributed by atoms with E-state index in [4.69, 9.17) is 0 Å². The van der Waals surface area contributed by atoms with Crippen molar-refractivity contribution < 1.29 is 0 Å². The molecule has 0 bridgehead atoms. The third kappa shape index (κ3) is 3.51. The van der Waals surface area contributed by atoms with Crippen LogP contribution in [-0.4, -0.2) is 24.7 Å². The molecule has 0 amide bonds. The maximum absolute atomic E-state index is 4.64. The molecular weight excluding hydrogens is 332 g/mol. The van der Waals surface area contributed by atoms with Crippen molar-refractivity contribution >= 4 is 27.4 Å². The van der Waals surface area contributed by atoms with Gasteiger partial charge in [-0.15, -0.1) is 11.3 Å². The van der Waals surface area contributed by atoms with Crippen molar-refractivity contribution in [3.8, 4) is 0 Å². The summed E-state index contributed by atoms with van der Waals surface area (Å²) in [5.74, 6) is 1.67. The van der Waals surface area contributed by atoms with Crippen molar-refractivity contribution in [1.82, 2.24) is 24.7 Å². The number of aryl methyl sites for hydroxylation is 2. The van der Waals surface area contributed by atoms with E-state index in [2.05, 4.69) is 55.0 Å². The Morgan fingerprint density at radius 1 is 1.16 bits per heavy atom. The van der Waals surface area contributed by atoms with E-state index >= 15 is 0 Å². The highest BCUT2D eigenvalue weighted by molar-refractivity contribution is 7.17. The Balaban J connectivity index is 1.64. The molecule has 0 saturated carbocycles. The molecule has 0 fully saturated rings. The molecule has 0 aliphatic heterocycles. The number of nitrogens with one attached hydrogen (secondary N) is 1. The van der Waals surface area contributed by atoms with Crippen LogP contribution in [0, 0.1) is 6.92 Å². The minimum Gasteiger partial charge on any atom is -0.362 e. The van der Waals surface area contributed by atoms with Crippen LogP contribution < -0.4 is 5.32 Å². The Morgan fingerprint density at radius 3 is 2.84 bits per heavy atom. The molecule has 0 radical (unpaired) electrons. The molecule has 0 spiro atoms. The zero-order valence-electron chi connectivity index (χ0n) is 13.8. The number of aromatic nitrogens is 5. The monoisotopic (exact) mass is 350 g/mol. The van der Waals surface area contributed by atoms with Gasteiger partial charge in [0.05, 0.1) is 16.3 Å². The molecule has 3 aromatic heterocycles. The van der Waals surface area contributed by atoms with Gasteiger partial charge in [-0.1, -0.05) is 30.3 Å². The molecule has 1 atom stereocenters. The van der Waals surface area contributed by atoms with Crippen molar-refractivity contribution in [2.24, 2.45) is 0 Å². The van der Waals surface area contributed by atoms with E-state index in [9.17, 15) is 0 Å². The Kier molecular flexibility index (Phi) is 4.39. The maximum atomic E-state index is 4.64. The number of hydrogen-bond acceptors (Lipinski definition) is 6. The van der Waals surface area contributed by atoms with Gasteiger partial charge >= 0.3 is 0 Å². The maximum Gasteiger partial charge on any atom is 0.148 e. The zero-order chi connectivity index (χ0) is 17.1. The molecule has 0 unspecified atom stereocenters. The molecule has 126 valence electrons. The highest BCUT2D eigenvalue weighted by Crippen LogP contribution is 2.30. The zero-order valence-corrected chi connectivity index (χ0v) is 14.6. The summed E-state index contributed by atoms with van der Waals surface area (Å²) < 4.78 is 2.94. The standard InChI is InChI=1S/C18H18N6S/c1-13-21-16-8-10-25-17(16)18(22-13)23-15(14-5-3-2-4-6-14)7-9-24-12-19-11-20-24/h2-6,8,10-12,15H,7,9H2,1H3,(H,21,22,23)/t15-/m1/s1. The van der Waals surface area contributed by atoms with Gasteiger partial charge < -0.3 is 5.32 Å². The van der Waals surface area contributed by atoms with E-state index in [1.807, 2.05) is 23.7 Å². The van der Waals surface area contributed by atoms with E-state index in [0.29, 0.717) is 0 Å². The molecule has 1 N–H and O–H groups in total. The summed E-state index contributed by atoms with van der Waals surface area (Å²) in [6, 6.07) is 12.6. The smallest absolute Gasteiger partial charge is 0.148 e. The molecule has 4 rings (SSSR count). The van der Waals surface area contributed by atoms with Crippen LogP contribution in [0.2, 0.25) is 0 Å². The SMILES string of the molecule is Cc1nc(N[C@H](CCn2cncn2)c2ccccc2)c2sccc2n1. The van der Waals surface area contributed by atoms with Gasteiger partial charge in [-0.25, -0.2) is 15.0 Å². The number of hydrogen-bond donors (Lipinski definition) is 1. The lowest BCUT2D eigenvalue weighted by molar-refractivity contribution is 0.537. The van der Waals surface area contributed by atoms with Gasteiger partial charge in [0, 0.05) is 6.54 Å². The predicted molar refractivity (Wildman–Crippen MR) is 99.6 cm³/mol. The van der Waals surface area contributed by atoms with Crippen LogP contribution in [0.15, 0.2) is 54.4 Å². The summed E-state index contributed by atoms with van der Waals surface area (Å²) >= 11 is 1.66. The first-order chi connectivity index (χ1) is 12.3. The minimum atomic E-state index is 0.130. The van der Waals surface area contributed by atoms with Gasteiger partial charge in [-0.05, 0) is 30.4 Å². The summed E-state index contributed by atoms with van der Waals surface area (Å²) in [5, 5.41) is 9.88. The fraction of sp³-hybridized carbons (Fsp3) is 0.222. The summed E-state index contributed by atoms with van der Waals surface area (Å²) in [6.45, 7) is 2.71. The minimum absolute atomic E-state index is 0.130. The van der Waals surface area contributed by atoms with Crippen LogP contribution in [0.3, 0.4) is 0 Å². The highest BCUT2D eigenvalue weighted by Gasteiger charge is 2.15. The normalized spacial score (nSPS) is 12.4. The molecule has 3 heterocycles. The van der Waals surface area contributed by atoms with Crippen molar-refractivity contribution in [3.63, 3.8) is 0 Å². The Hall–Kier alpha value is -2.80. The van der Waals surface area contributed by atoms with Gasteiger partial charge in [0.1, 0.15) is 24.3 Å². The number of nitrogens with zero attached hydrogens (tertiary/aromatic N) is 5. The van der Waals surface area contributed by atoms with E-state index in [1.165, 1.54) is 5.56 Å². The third-order valence-electron chi connectivity index (χ3n) is 4.04. The number of fused-ring (bicyclic) bond motifs is 1. The van der Waals surface area contributed by atoms with E-state index < -0.39 is 0 Å². The van der Waals surface area contributed by atoms with Crippen LogP contribution in [-0.2, 0) is 6.54 Å². The second-order valence-electron chi connectivity index (χ2n) is 5.81. The largest absolute Gasteiger partial charge is 0.362 e. The highest BCUT2D eigenvalue weighted by atomic mass is 32.1. The quantitative estimate of drug-likeness (QED) is 0.572. The van der Waals surface area contributed by atoms with Gasteiger partial charge in [0.15, 0.2) is 0 Å². The van der Waals surface area contributed by atoms with E-state index in [-0.39, 0.29) is 6.04 Å². The second kappa shape index (κ2) is 6.98. The molecule has 0 saturated heterocycles. The average Bonchev–Trinajstić information content (AvgIpc) is 3.30. The number of rotatable bonds is 6. The first-order valence-corrected chi connectivity index (χ1v) is 9.03. The Bertz CT molecular complexity index is 948. The summed E-state index contributed by atoms with van der Waals surface area (Å²) in [4.78, 5) is 13.2. The lowest BCUT2D eigenvalue weighted by Crippen LogP contribution is -2.15. The van der Waals surface area contributed by atoms with E-state index in [0.717, 1.165) is 34.8 Å². The summed E-state index contributed by atoms with van der Waals surface area (Å²) in [7, 11) is 0. The number of benzene rings is 1. The van der Waals surface area contributed by atoms with E-state index in [1.54, 1.807) is 24.0 Å². The van der Waals surface area contributed by atoms with Gasteiger partial charge in [0.2, 0.25) is 0 Å². The molecule has 7 heteroatoms. The third-order valence-corrected chi connectivity index (χ3v) is 4.95. The van der Waals surface area contributed by atoms with Gasteiger partial charge in [-0.2, -0.15) is 5.10 Å². The van der Waals surface area contributed by atoms with Crippen LogP contribution in [0.25, 0.3) is 10.2 Å². The van der Waals surface area contributed by atoms with Crippen molar-refractivity contribution in [1.29, 1.82) is 0 Å². The van der Waals surface area contributed by atoms with Crippen molar-refractivity contribution in [2.45, 2.75) is 25.9 Å². The van der Waals surface area contributed by atoms with Gasteiger partial charge in [-0.3, -0.25) is 4.68 Å². The molecule has 6 nitrogen and oxygen atoms in total. The average molecular weight is 350 g/mol. The topological polar surface area (TPSA) is 68.5 Å². The second-order valence-corrected chi connectivity index (χ2v) is 6.73. The molecule has 0 aliphatic carbocycles. The summed E-state index contributed by atoms with van der Waals surface area (Å²) in [5.41, 5.74) is 2.21. The van der Waals surface area contributed by atoms with Gasteiger partial charge in [0.25, 0.3) is 0 Å². The number of thiophene rings is 1. The molecule has 25 heavy (non-hydrogen) atoms. The van der Waals surface area contributed by atoms with Crippen molar-refractivity contribution in [2.75, 3.05) is 5.32 Å². The van der Waals surface area contributed by atoms with Crippen LogP contribution in [0.4, 0.5) is 5.82 Å².